The average molecular weight is 297 g/mol. The number of thiazole rings is 1. The van der Waals surface area contributed by atoms with Crippen LogP contribution in [0.15, 0.2) is 18.2 Å². The number of hydrogen-bond donors (Lipinski definition) is 1. The SMILES string of the molecule is O=C(O)c1cccc2sc(C(F)(F)C(F)(F)F)nc12. The molecule has 0 fully saturated rings. The number of para-hydroxylation sites is 1. The van der Waals surface area contributed by atoms with E-state index in [2.05, 4.69) is 4.98 Å². The molecule has 19 heavy (non-hydrogen) atoms. The molecule has 1 aromatic carbocycles. The molecule has 0 bridgehead atoms. The molecule has 0 amide bonds. The van der Waals surface area contributed by atoms with Crippen molar-refractivity contribution in [3.05, 3.63) is 28.8 Å². The van der Waals surface area contributed by atoms with Crippen molar-refractivity contribution in [2.75, 3.05) is 0 Å². The number of halogens is 5. The highest BCUT2D eigenvalue weighted by Gasteiger charge is 2.61. The van der Waals surface area contributed by atoms with Gasteiger partial charge >= 0.3 is 18.1 Å². The quantitative estimate of drug-likeness (QED) is 0.861. The number of hydrogen-bond acceptors (Lipinski definition) is 3. The summed E-state index contributed by atoms with van der Waals surface area (Å²) in [6.07, 6.45) is -5.77. The van der Waals surface area contributed by atoms with Crippen LogP contribution in [0.3, 0.4) is 0 Å². The summed E-state index contributed by atoms with van der Waals surface area (Å²) in [6.45, 7) is 0. The van der Waals surface area contributed by atoms with Gasteiger partial charge in [-0.3, -0.25) is 0 Å². The molecule has 2 rings (SSSR count). The van der Waals surface area contributed by atoms with Gasteiger partial charge in [0.05, 0.1) is 15.8 Å². The molecule has 102 valence electrons. The highest BCUT2D eigenvalue weighted by atomic mass is 32.1. The standard InChI is InChI=1S/C10H4F5NO2S/c11-9(12,10(13,14)15)8-16-6-4(7(17)18)2-1-3-5(6)19-8/h1-3H,(H,17,18). The number of rotatable bonds is 2. The summed E-state index contributed by atoms with van der Waals surface area (Å²) in [5, 5.41) is 7.34. The Labute approximate surface area is 106 Å². The molecule has 0 radical (unpaired) electrons. The Kier molecular flexibility index (Phi) is 2.96. The lowest BCUT2D eigenvalue weighted by molar-refractivity contribution is -0.289. The normalized spacial score (nSPS) is 12.9. The number of aromatic nitrogens is 1. The van der Waals surface area contributed by atoms with E-state index in [1.165, 1.54) is 12.1 Å². The first-order chi connectivity index (χ1) is 8.64. The van der Waals surface area contributed by atoms with Gasteiger partial charge in [0.25, 0.3) is 0 Å². The summed E-state index contributed by atoms with van der Waals surface area (Å²) in [6, 6.07) is 3.56. The van der Waals surface area contributed by atoms with Crippen LogP contribution < -0.4 is 0 Å². The average Bonchev–Trinajstić information content (AvgIpc) is 2.70. The molecule has 2 aromatic rings. The number of aromatic carboxylic acids is 1. The summed E-state index contributed by atoms with van der Waals surface area (Å²) in [5.74, 6) is -6.55. The van der Waals surface area contributed by atoms with Gasteiger partial charge in [0.1, 0.15) is 0 Å². The van der Waals surface area contributed by atoms with E-state index in [1.54, 1.807) is 0 Å². The molecule has 0 aliphatic carbocycles. The van der Waals surface area contributed by atoms with Crippen LogP contribution >= 0.6 is 11.3 Å². The summed E-state index contributed by atoms with van der Waals surface area (Å²) in [5.41, 5.74) is -0.795. The minimum absolute atomic E-state index is 0.0428. The molecule has 1 N–H and O–H groups in total. The predicted octanol–water partition coefficient (Wildman–Crippen LogP) is 3.65. The number of nitrogens with zero attached hydrogens (tertiary/aromatic N) is 1. The first-order valence-corrected chi connectivity index (χ1v) is 5.54. The van der Waals surface area contributed by atoms with Crippen LogP contribution in [0.5, 0.6) is 0 Å². The van der Waals surface area contributed by atoms with Crippen molar-refractivity contribution in [1.82, 2.24) is 4.98 Å². The lowest BCUT2D eigenvalue weighted by atomic mass is 10.2. The van der Waals surface area contributed by atoms with Gasteiger partial charge < -0.3 is 5.11 Å². The Hall–Kier alpha value is -1.77. The van der Waals surface area contributed by atoms with Crippen molar-refractivity contribution >= 4 is 27.5 Å². The van der Waals surface area contributed by atoms with Gasteiger partial charge in [-0.15, -0.1) is 11.3 Å². The van der Waals surface area contributed by atoms with E-state index in [-0.39, 0.29) is 21.6 Å². The van der Waals surface area contributed by atoms with E-state index in [0.717, 1.165) is 6.07 Å². The lowest BCUT2D eigenvalue weighted by Crippen LogP contribution is -2.33. The second kappa shape index (κ2) is 4.12. The maximum absolute atomic E-state index is 13.1. The van der Waals surface area contributed by atoms with Gasteiger partial charge in [0.15, 0.2) is 5.01 Å². The van der Waals surface area contributed by atoms with E-state index in [1.807, 2.05) is 0 Å². The molecule has 1 aromatic heterocycles. The van der Waals surface area contributed by atoms with E-state index in [4.69, 9.17) is 5.11 Å². The largest absolute Gasteiger partial charge is 0.478 e. The zero-order valence-corrected chi connectivity index (χ0v) is 9.65. The molecular weight excluding hydrogens is 293 g/mol. The summed E-state index contributed by atoms with van der Waals surface area (Å²) in [4.78, 5) is 14.0. The lowest BCUT2D eigenvalue weighted by Gasteiger charge is -2.16. The van der Waals surface area contributed by atoms with Crippen LogP contribution in [0, 0.1) is 0 Å². The third-order valence-electron chi connectivity index (χ3n) is 2.27. The molecular formula is C10H4F5NO2S. The van der Waals surface area contributed by atoms with Crippen LogP contribution in [0.25, 0.3) is 10.2 Å². The Balaban J connectivity index is 2.66. The van der Waals surface area contributed by atoms with Crippen molar-refractivity contribution in [3.8, 4) is 0 Å². The summed E-state index contributed by atoms with van der Waals surface area (Å²) >= 11 is 0.118. The Morgan fingerprint density at radius 1 is 1.21 bits per heavy atom. The number of carboxylic acid groups (broad SMARTS) is 1. The van der Waals surface area contributed by atoms with Gasteiger partial charge in [-0.2, -0.15) is 22.0 Å². The molecule has 0 atom stereocenters. The third kappa shape index (κ3) is 2.14. The highest BCUT2D eigenvalue weighted by Crippen LogP contribution is 2.46. The van der Waals surface area contributed by atoms with Crippen molar-refractivity contribution in [3.63, 3.8) is 0 Å². The topological polar surface area (TPSA) is 50.2 Å². The van der Waals surface area contributed by atoms with Gasteiger partial charge in [0.2, 0.25) is 0 Å². The van der Waals surface area contributed by atoms with E-state index < -0.39 is 28.6 Å². The van der Waals surface area contributed by atoms with Crippen molar-refractivity contribution in [2.24, 2.45) is 0 Å². The van der Waals surface area contributed by atoms with Crippen LogP contribution in [-0.2, 0) is 5.92 Å². The van der Waals surface area contributed by atoms with Crippen LogP contribution in [0.2, 0.25) is 0 Å². The maximum atomic E-state index is 13.1. The number of carbonyl (C=O) groups is 1. The molecule has 0 aliphatic rings. The van der Waals surface area contributed by atoms with Crippen LogP contribution in [-0.4, -0.2) is 22.2 Å². The van der Waals surface area contributed by atoms with E-state index >= 15 is 0 Å². The number of alkyl halides is 5. The molecule has 0 saturated carbocycles. The van der Waals surface area contributed by atoms with Gasteiger partial charge in [-0.05, 0) is 12.1 Å². The smallest absolute Gasteiger partial charge is 0.460 e. The van der Waals surface area contributed by atoms with Crippen molar-refractivity contribution in [2.45, 2.75) is 12.1 Å². The van der Waals surface area contributed by atoms with E-state index in [0.29, 0.717) is 0 Å². The highest BCUT2D eigenvalue weighted by molar-refractivity contribution is 7.18. The minimum Gasteiger partial charge on any atom is -0.478 e. The van der Waals surface area contributed by atoms with Gasteiger partial charge in [-0.25, -0.2) is 9.78 Å². The van der Waals surface area contributed by atoms with Crippen LogP contribution in [0.4, 0.5) is 22.0 Å². The van der Waals surface area contributed by atoms with Gasteiger partial charge in [0, 0.05) is 0 Å². The fraction of sp³-hybridized carbons (Fsp3) is 0.200. The Morgan fingerprint density at radius 3 is 2.37 bits per heavy atom. The molecule has 0 saturated heterocycles. The number of benzene rings is 1. The zero-order valence-electron chi connectivity index (χ0n) is 8.83. The maximum Gasteiger partial charge on any atom is 0.460 e. The minimum atomic E-state index is -5.77. The molecule has 3 nitrogen and oxygen atoms in total. The zero-order chi connectivity index (χ0) is 14.4. The fourth-order valence-corrected chi connectivity index (χ4v) is 2.36. The summed E-state index contributed by atoms with van der Waals surface area (Å²) < 4.78 is 62.8. The van der Waals surface area contributed by atoms with E-state index in [9.17, 15) is 26.7 Å². The Morgan fingerprint density at radius 2 is 1.84 bits per heavy atom. The second-order valence-corrected chi connectivity index (χ2v) is 4.58. The predicted molar refractivity (Wildman–Crippen MR) is 56.5 cm³/mol. The van der Waals surface area contributed by atoms with Crippen molar-refractivity contribution in [1.29, 1.82) is 0 Å². The second-order valence-electron chi connectivity index (χ2n) is 3.55. The number of carboxylic acids is 1. The first kappa shape index (κ1) is 13.7. The first-order valence-electron chi connectivity index (χ1n) is 4.72. The molecule has 1 heterocycles. The summed E-state index contributed by atoms with van der Waals surface area (Å²) in [7, 11) is 0. The fourth-order valence-electron chi connectivity index (χ4n) is 1.38. The Bertz CT molecular complexity index is 649. The number of fused-ring (bicyclic) bond motifs is 1. The van der Waals surface area contributed by atoms with Gasteiger partial charge in [-0.1, -0.05) is 6.07 Å². The molecule has 0 aliphatic heterocycles. The van der Waals surface area contributed by atoms with Crippen molar-refractivity contribution < 1.29 is 31.9 Å². The molecule has 0 unspecified atom stereocenters. The molecule has 9 heteroatoms. The van der Waals surface area contributed by atoms with Crippen LogP contribution in [0.1, 0.15) is 15.4 Å². The monoisotopic (exact) mass is 297 g/mol. The third-order valence-corrected chi connectivity index (χ3v) is 3.36. The molecule has 0 spiro atoms.